The minimum atomic E-state index is -3.24. The number of rotatable bonds is 7. The average molecular weight is 253 g/mol. The van der Waals surface area contributed by atoms with Crippen LogP contribution in [0, 0.1) is 0 Å². The molecule has 0 saturated heterocycles. The Hall–Kier alpha value is -1.29. The summed E-state index contributed by atoms with van der Waals surface area (Å²) in [5, 5.41) is 0. The van der Waals surface area contributed by atoms with E-state index in [9.17, 15) is 8.42 Å². The van der Waals surface area contributed by atoms with E-state index in [1.807, 2.05) is 25.1 Å². The lowest BCUT2D eigenvalue weighted by Gasteiger charge is -2.22. The summed E-state index contributed by atoms with van der Waals surface area (Å²) < 4.78 is 25.7. The summed E-state index contributed by atoms with van der Waals surface area (Å²) in [6, 6.07) is 9.13. The predicted molar refractivity (Wildman–Crippen MR) is 72.7 cm³/mol. The van der Waals surface area contributed by atoms with Gasteiger partial charge < -0.3 is 0 Å². The second-order valence-corrected chi connectivity index (χ2v) is 5.84. The lowest BCUT2D eigenvalue weighted by molar-refractivity contribution is 0.589. The molecule has 0 fully saturated rings. The number of nitrogens with zero attached hydrogens (tertiary/aromatic N) is 1. The maximum Gasteiger partial charge on any atom is 0.235 e. The summed E-state index contributed by atoms with van der Waals surface area (Å²) >= 11 is 0. The molecular weight excluding hydrogens is 234 g/mol. The van der Waals surface area contributed by atoms with Crippen molar-refractivity contribution in [2.75, 3.05) is 16.6 Å². The molecular formula is C13H19NO2S. The number of hydrogen-bond donors (Lipinski definition) is 0. The van der Waals surface area contributed by atoms with Crippen LogP contribution in [0.15, 0.2) is 43.0 Å². The Bertz CT molecular complexity index is 440. The first-order chi connectivity index (χ1) is 8.11. The van der Waals surface area contributed by atoms with Crippen molar-refractivity contribution >= 4 is 15.7 Å². The Balaban J connectivity index is 2.97. The predicted octanol–water partition coefficient (Wildman–Crippen LogP) is 2.81. The van der Waals surface area contributed by atoms with E-state index in [4.69, 9.17) is 0 Å². The van der Waals surface area contributed by atoms with Crippen molar-refractivity contribution in [3.8, 4) is 0 Å². The lowest BCUT2D eigenvalue weighted by atomic mass is 10.3. The van der Waals surface area contributed by atoms with Gasteiger partial charge in [-0.2, -0.15) is 0 Å². The molecule has 0 spiro atoms. The first-order valence-electron chi connectivity index (χ1n) is 5.78. The van der Waals surface area contributed by atoms with Gasteiger partial charge in [0.15, 0.2) is 0 Å². The van der Waals surface area contributed by atoms with Gasteiger partial charge in [0.25, 0.3) is 0 Å². The van der Waals surface area contributed by atoms with Gasteiger partial charge in [-0.3, -0.25) is 4.31 Å². The molecule has 0 N–H and O–H groups in total. The van der Waals surface area contributed by atoms with Crippen molar-refractivity contribution in [1.29, 1.82) is 0 Å². The summed E-state index contributed by atoms with van der Waals surface area (Å²) in [6.07, 6.45) is 3.16. The van der Waals surface area contributed by atoms with Crippen molar-refractivity contribution < 1.29 is 8.42 Å². The molecule has 1 aromatic carbocycles. The van der Waals surface area contributed by atoms with Crippen LogP contribution in [0.2, 0.25) is 0 Å². The molecule has 0 aliphatic heterocycles. The van der Waals surface area contributed by atoms with Crippen LogP contribution >= 0.6 is 0 Å². The zero-order valence-corrected chi connectivity index (χ0v) is 11.0. The molecule has 0 heterocycles. The lowest BCUT2D eigenvalue weighted by Crippen LogP contribution is -2.33. The van der Waals surface area contributed by atoms with Gasteiger partial charge in [0.1, 0.15) is 0 Å². The fraction of sp³-hybridized carbons (Fsp3) is 0.385. The van der Waals surface area contributed by atoms with Crippen LogP contribution in [0.5, 0.6) is 0 Å². The molecule has 0 aliphatic carbocycles. The van der Waals surface area contributed by atoms with Crippen LogP contribution < -0.4 is 4.31 Å². The van der Waals surface area contributed by atoms with Crippen LogP contribution in [-0.2, 0) is 10.0 Å². The number of benzene rings is 1. The van der Waals surface area contributed by atoms with Gasteiger partial charge in [-0.15, -0.1) is 6.58 Å². The highest BCUT2D eigenvalue weighted by Crippen LogP contribution is 2.18. The molecule has 0 saturated carbocycles. The average Bonchev–Trinajstić information content (AvgIpc) is 2.34. The van der Waals surface area contributed by atoms with E-state index in [0.29, 0.717) is 18.7 Å². The molecule has 0 unspecified atom stereocenters. The molecule has 0 amide bonds. The minimum absolute atomic E-state index is 0.187. The summed E-state index contributed by atoms with van der Waals surface area (Å²) in [7, 11) is -3.24. The second kappa shape index (κ2) is 6.45. The van der Waals surface area contributed by atoms with Crippen LogP contribution in [0.4, 0.5) is 5.69 Å². The number of anilines is 1. The van der Waals surface area contributed by atoms with Crippen LogP contribution in [0.3, 0.4) is 0 Å². The molecule has 0 radical (unpaired) electrons. The normalized spacial score (nSPS) is 11.1. The second-order valence-electron chi connectivity index (χ2n) is 3.82. The maximum absolute atomic E-state index is 12.2. The van der Waals surface area contributed by atoms with Crippen LogP contribution in [0.1, 0.15) is 19.8 Å². The van der Waals surface area contributed by atoms with E-state index in [0.717, 1.165) is 6.42 Å². The molecule has 1 rings (SSSR count). The van der Waals surface area contributed by atoms with Crippen molar-refractivity contribution in [3.63, 3.8) is 0 Å². The highest BCUT2D eigenvalue weighted by atomic mass is 32.2. The van der Waals surface area contributed by atoms with Gasteiger partial charge in [-0.1, -0.05) is 37.6 Å². The molecule has 94 valence electrons. The van der Waals surface area contributed by atoms with E-state index in [-0.39, 0.29) is 5.75 Å². The Morgan fingerprint density at radius 1 is 1.29 bits per heavy atom. The van der Waals surface area contributed by atoms with Gasteiger partial charge in [0.05, 0.1) is 18.0 Å². The Morgan fingerprint density at radius 3 is 2.47 bits per heavy atom. The van der Waals surface area contributed by atoms with Gasteiger partial charge >= 0.3 is 0 Å². The van der Waals surface area contributed by atoms with Crippen LogP contribution in [-0.4, -0.2) is 20.7 Å². The third kappa shape index (κ3) is 3.89. The Labute approximate surface area is 104 Å². The van der Waals surface area contributed by atoms with E-state index >= 15 is 0 Å². The molecule has 0 bridgehead atoms. The Kier molecular flexibility index (Phi) is 5.22. The number of hydrogen-bond acceptors (Lipinski definition) is 2. The topological polar surface area (TPSA) is 37.4 Å². The first kappa shape index (κ1) is 13.8. The van der Waals surface area contributed by atoms with E-state index in [1.54, 1.807) is 18.2 Å². The molecule has 0 aromatic heterocycles. The molecule has 3 nitrogen and oxygen atoms in total. The van der Waals surface area contributed by atoms with Crippen molar-refractivity contribution in [3.05, 3.63) is 43.0 Å². The summed E-state index contributed by atoms with van der Waals surface area (Å²) in [6.45, 7) is 5.91. The maximum atomic E-state index is 12.2. The number of sulfonamides is 1. The summed E-state index contributed by atoms with van der Waals surface area (Å²) in [4.78, 5) is 0. The molecule has 1 aromatic rings. The van der Waals surface area contributed by atoms with Crippen molar-refractivity contribution in [1.82, 2.24) is 0 Å². The van der Waals surface area contributed by atoms with E-state index < -0.39 is 10.0 Å². The molecule has 0 aliphatic rings. The standard InChI is InChI=1S/C13H19NO2S/c1-3-5-12-17(15,16)14(11-4-2)13-9-7-6-8-10-13/h4,6-10H,2-3,5,11-12H2,1H3. The minimum Gasteiger partial charge on any atom is -0.266 e. The van der Waals surface area contributed by atoms with E-state index in [1.165, 1.54) is 4.31 Å². The molecule has 17 heavy (non-hydrogen) atoms. The highest BCUT2D eigenvalue weighted by Gasteiger charge is 2.20. The Morgan fingerprint density at radius 2 is 1.94 bits per heavy atom. The summed E-state index contributed by atoms with van der Waals surface area (Å²) in [5.41, 5.74) is 0.698. The van der Waals surface area contributed by atoms with Gasteiger partial charge in [0.2, 0.25) is 10.0 Å². The monoisotopic (exact) mass is 253 g/mol. The third-order valence-corrected chi connectivity index (χ3v) is 4.27. The third-order valence-electron chi connectivity index (χ3n) is 2.43. The van der Waals surface area contributed by atoms with Crippen LogP contribution in [0.25, 0.3) is 0 Å². The quantitative estimate of drug-likeness (QED) is 0.701. The smallest absolute Gasteiger partial charge is 0.235 e. The largest absolute Gasteiger partial charge is 0.266 e. The molecule has 0 atom stereocenters. The van der Waals surface area contributed by atoms with Crippen molar-refractivity contribution in [2.45, 2.75) is 19.8 Å². The fourth-order valence-electron chi connectivity index (χ4n) is 1.53. The van der Waals surface area contributed by atoms with Gasteiger partial charge in [-0.05, 0) is 18.6 Å². The zero-order valence-electron chi connectivity index (χ0n) is 10.2. The molecule has 4 heteroatoms. The number of para-hydroxylation sites is 1. The fourth-order valence-corrected chi connectivity index (χ4v) is 3.18. The first-order valence-corrected chi connectivity index (χ1v) is 7.39. The van der Waals surface area contributed by atoms with Crippen molar-refractivity contribution in [2.24, 2.45) is 0 Å². The number of unbranched alkanes of at least 4 members (excludes halogenated alkanes) is 1. The van der Waals surface area contributed by atoms with Gasteiger partial charge in [0, 0.05) is 0 Å². The highest BCUT2D eigenvalue weighted by molar-refractivity contribution is 7.92. The SMILES string of the molecule is C=CCN(c1ccccc1)S(=O)(=O)CCCC. The summed E-state index contributed by atoms with van der Waals surface area (Å²) in [5.74, 6) is 0.187. The van der Waals surface area contributed by atoms with Gasteiger partial charge in [-0.25, -0.2) is 8.42 Å². The zero-order chi connectivity index (χ0) is 12.7. The van der Waals surface area contributed by atoms with E-state index in [2.05, 4.69) is 6.58 Å².